The Morgan fingerprint density at radius 3 is 2.44 bits per heavy atom. The van der Waals surface area contributed by atoms with Crippen molar-refractivity contribution < 1.29 is 19.1 Å². The Bertz CT molecular complexity index is 915. The van der Waals surface area contributed by atoms with Crippen molar-refractivity contribution in [2.24, 2.45) is 0 Å². The van der Waals surface area contributed by atoms with E-state index in [2.05, 4.69) is 15.5 Å². The van der Waals surface area contributed by atoms with Gasteiger partial charge < -0.3 is 20.1 Å². The van der Waals surface area contributed by atoms with Crippen LogP contribution in [0.4, 0.5) is 0 Å². The lowest BCUT2D eigenvalue weighted by Crippen LogP contribution is -2.55. The highest BCUT2D eigenvalue weighted by molar-refractivity contribution is 6.30. The number of morpholine rings is 1. The molecule has 0 unspecified atom stereocenters. The largest absolute Gasteiger partial charge is 0.478 e. The maximum Gasteiger partial charge on any atom is 0.264 e. The van der Waals surface area contributed by atoms with Gasteiger partial charge in [0.25, 0.3) is 5.91 Å². The van der Waals surface area contributed by atoms with Gasteiger partial charge in [-0.15, -0.1) is 0 Å². The number of hydrogen-bond donors (Lipinski definition) is 2. The SMILES string of the molecule is CC(C)(Oc1ccc(Cl)cc1)C(=O)N[C@H](Cc1ccccc1)C(=O)NCCCN1CCOCC1. The van der Waals surface area contributed by atoms with Crippen molar-refractivity contribution in [1.29, 1.82) is 0 Å². The molecule has 2 aromatic rings. The van der Waals surface area contributed by atoms with E-state index in [9.17, 15) is 9.59 Å². The van der Waals surface area contributed by atoms with Crippen LogP contribution in [0.25, 0.3) is 0 Å². The number of benzene rings is 2. The van der Waals surface area contributed by atoms with Crippen LogP contribution in [0.1, 0.15) is 25.8 Å². The van der Waals surface area contributed by atoms with Crippen LogP contribution in [-0.4, -0.2) is 67.7 Å². The Morgan fingerprint density at radius 1 is 1.09 bits per heavy atom. The predicted octanol–water partition coefficient (Wildman–Crippen LogP) is 3.06. The van der Waals surface area contributed by atoms with Crippen molar-refractivity contribution in [3.63, 3.8) is 0 Å². The van der Waals surface area contributed by atoms with E-state index in [0.29, 0.717) is 23.7 Å². The molecule has 0 spiro atoms. The third-order valence-electron chi connectivity index (χ3n) is 5.69. The number of halogens is 1. The Labute approximate surface area is 206 Å². The van der Waals surface area contributed by atoms with Crippen molar-refractivity contribution in [3.8, 4) is 5.75 Å². The highest BCUT2D eigenvalue weighted by atomic mass is 35.5. The van der Waals surface area contributed by atoms with Gasteiger partial charge in [0.15, 0.2) is 5.60 Å². The number of amides is 2. The van der Waals surface area contributed by atoms with Crippen molar-refractivity contribution in [1.82, 2.24) is 15.5 Å². The second-order valence-corrected chi connectivity index (χ2v) is 9.32. The summed E-state index contributed by atoms with van der Waals surface area (Å²) in [6.07, 6.45) is 1.22. The molecule has 8 heteroatoms. The molecule has 2 amide bonds. The molecule has 0 radical (unpaired) electrons. The summed E-state index contributed by atoms with van der Waals surface area (Å²) in [5.74, 6) is -0.0509. The fraction of sp³-hybridized carbons (Fsp3) is 0.462. The predicted molar refractivity (Wildman–Crippen MR) is 133 cm³/mol. The summed E-state index contributed by atoms with van der Waals surface area (Å²) < 4.78 is 11.3. The standard InChI is InChI=1S/C26H34ClN3O4/c1-26(2,34-22-11-9-21(27)10-12-22)25(32)29-23(19-20-7-4-3-5-8-20)24(31)28-13-6-14-30-15-17-33-18-16-30/h3-5,7-12,23H,6,13-19H2,1-2H3,(H,28,31)(H,29,32)/t23-/m1/s1. The van der Waals surface area contributed by atoms with Crippen LogP contribution in [0.5, 0.6) is 5.75 Å². The van der Waals surface area contributed by atoms with E-state index < -0.39 is 11.6 Å². The lowest BCUT2D eigenvalue weighted by Gasteiger charge is -2.28. The fourth-order valence-corrected chi connectivity index (χ4v) is 3.82. The Balaban J connectivity index is 1.58. The van der Waals surface area contributed by atoms with Crippen LogP contribution in [0.3, 0.4) is 0 Å². The number of nitrogens with zero attached hydrogens (tertiary/aromatic N) is 1. The Kier molecular flexibility index (Phi) is 9.74. The lowest BCUT2D eigenvalue weighted by atomic mass is 10.0. The Hall–Kier alpha value is -2.61. The minimum absolute atomic E-state index is 0.207. The summed E-state index contributed by atoms with van der Waals surface area (Å²) in [6.45, 7) is 8.15. The fourth-order valence-electron chi connectivity index (χ4n) is 3.70. The summed E-state index contributed by atoms with van der Waals surface area (Å²) in [4.78, 5) is 28.5. The van der Waals surface area contributed by atoms with Gasteiger partial charge in [-0.05, 0) is 56.6 Å². The molecule has 2 N–H and O–H groups in total. The molecule has 1 saturated heterocycles. The Morgan fingerprint density at radius 2 is 1.76 bits per heavy atom. The van der Waals surface area contributed by atoms with Crippen LogP contribution in [0.15, 0.2) is 54.6 Å². The third-order valence-corrected chi connectivity index (χ3v) is 5.94. The zero-order valence-corrected chi connectivity index (χ0v) is 20.6. The van der Waals surface area contributed by atoms with Crippen molar-refractivity contribution >= 4 is 23.4 Å². The monoisotopic (exact) mass is 487 g/mol. The molecule has 1 heterocycles. The highest BCUT2D eigenvalue weighted by Gasteiger charge is 2.33. The smallest absolute Gasteiger partial charge is 0.264 e. The second kappa shape index (κ2) is 12.7. The molecular weight excluding hydrogens is 454 g/mol. The second-order valence-electron chi connectivity index (χ2n) is 8.88. The average Bonchev–Trinajstić information content (AvgIpc) is 2.84. The van der Waals surface area contributed by atoms with E-state index in [4.69, 9.17) is 21.1 Å². The number of hydrogen-bond acceptors (Lipinski definition) is 5. The molecule has 184 valence electrons. The van der Waals surface area contributed by atoms with E-state index in [1.54, 1.807) is 38.1 Å². The molecule has 34 heavy (non-hydrogen) atoms. The summed E-state index contributed by atoms with van der Waals surface area (Å²) >= 11 is 5.93. The summed E-state index contributed by atoms with van der Waals surface area (Å²) in [5, 5.41) is 6.47. The minimum Gasteiger partial charge on any atom is -0.478 e. The lowest BCUT2D eigenvalue weighted by molar-refractivity contribution is -0.137. The molecule has 2 aromatic carbocycles. The highest BCUT2D eigenvalue weighted by Crippen LogP contribution is 2.21. The van der Waals surface area contributed by atoms with Gasteiger partial charge in [-0.2, -0.15) is 0 Å². The molecular formula is C26H34ClN3O4. The molecule has 0 aromatic heterocycles. The van der Waals surface area contributed by atoms with Crippen molar-refractivity contribution in [3.05, 3.63) is 65.2 Å². The number of ether oxygens (including phenoxy) is 2. The maximum atomic E-state index is 13.1. The van der Waals surface area contributed by atoms with Crippen LogP contribution in [-0.2, 0) is 20.7 Å². The first kappa shape index (κ1) is 26.0. The molecule has 7 nitrogen and oxygen atoms in total. The van der Waals surface area contributed by atoms with Crippen LogP contribution >= 0.6 is 11.6 Å². The van der Waals surface area contributed by atoms with Crippen LogP contribution < -0.4 is 15.4 Å². The molecule has 3 rings (SSSR count). The number of carbonyl (C=O) groups is 2. The number of rotatable bonds is 11. The zero-order valence-electron chi connectivity index (χ0n) is 19.9. The van der Waals surface area contributed by atoms with E-state index in [1.165, 1.54) is 0 Å². The molecule has 0 aliphatic carbocycles. The molecule has 1 aliphatic rings. The summed E-state index contributed by atoms with van der Waals surface area (Å²) in [7, 11) is 0. The van der Waals surface area contributed by atoms with Crippen LogP contribution in [0, 0.1) is 0 Å². The van der Waals surface area contributed by atoms with Gasteiger partial charge in [0, 0.05) is 31.1 Å². The van der Waals surface area contributed by atoms with Crippen LogP contribution in [0.2, 0.25) is 5.02 Å². The van der Waals surface area contributed by atoms with Gasteiger partial charge in [-0.25, -0.2) is 0 Å². The summed E-state index contributed by atoms with van der Waals surface area (Å²) in [5.41, 5.74) is -0.216. The topological polar surface area (TPSA) is 79.9 Å². The minimum atomic E-state index is -1.18. The molecule has 0 bridgehead atoms. The average molecular weight is 488 g/mol. The molecule has 1 aliphatic heterocycles. The summed E-state index contributed by atoms with van der Waals surface area (Å²) in [6, 6.07) is 15.8. The first-order valence-corrected chi connectivity index (χ1v) is 12.1. The first-order valence-electron chi connectivity index (χ1n) is 11.7. The zero-order chi connectivity index (χ0) is 24.4. The quantitative estimate of drug-likeness (QED) is 0.476. The van der Waals surface area contributed by atoms with Gasteiger partial charge in [0.2, 0.25) is 5.91 Å². The van der Waals surface area contributed by atoms with E-state index in [1.807, 2.05) is 30.3 Å². The normalized spacial score (nSPS) is 15.4. The van der Waals surface area contributed by atoms with Gasteiger partial charge >= 0.3 is 0 Å². The van der Waals surface area contributed by atoms with Gasteiger partial charge in [0.05, 0.1) is 13.2 Å². The van der Waals surface area contributed by atoms with Crippen molar-refractivity contribution in [2.45, 2.75) is 38.3 Å². The van der Waals surface area contributed by atoms with Crippen molar-refractivity contribution in [2.75, 3.05) is 39.4 Å². The number of nitrogens with one attached hydrogen (secondary N) is 2. The third kappa shape index (κ3) is 8.31. The van der Waals surface area contributed by atoms with Gasteiger partial charge in [0.1, 0.15) is 11.8 Å². The maximum absolute atomic E-state index is 13.1. The van der Waals surface area contributed by atoms with Gasteiger partial charge in [-0.1, -0.05) is 41.9 Å². The molecule has 1 atom stereocenters. The van der Waals surface area contributed by atoms with E-state index >= 15 is 0 Å². The van der Waals surface area contributed by atoms with Gasteiger partial charge in [-0.3, -0.25) is 14.5 Å². The van der Waals surface area contributed by atoms with E-state index in [-0.39, 0.29) is 11.8 Å². The number of carbonyl (C=O) groups excluding carboxylic acids is 2. The first-order chi connectivity index (χ1) is 16.3. The molecule has 1 fully saturated rings. The molecule has 0 saturated carbocycles. The van der Waals surface area contributed by atoms with E-state index in [0.717, 1.165) is 44.8 Å².